The maximum atomic E-state index is 14.1. The van der Waals surface area contributed by atoms with Gasteiger partial charge in [0, 0.05) is 65.7 Å². The molecule has 1 atom stereocenters. The predicted molar refractivity (Wildman–Crippen MR) is 236 cm³/mol. The van der Waals surface area contributed by atoms with E-state index in [1.807, 2.05) is 78.3 Å². The fraction of sp³-hybridized carbons (Fsp3) is 0.372. The molecular formula is C43H49ClF3N5O6S3. The maximum absolute atomic E-state index is 14.1. The number of hydrogen-bond acceptors (Lipinski definition) is 11. The quantitative estimate of drug-likeness (QED) is 0.101. The number of ether oxygens (including phenoxy) is 1. The summed E-state index contributed by atoms with van der Waals surface area (Å²) in [5.41, 5.74) is -1.64. The van der Waals surface area contributed by atoms with Gasteiger partial charge in [-0.3, -0.25) is 9.69 Å². The first-order valence-electron chi connectivity index (χ1n) is 19.7. The van der Waals surface area contributed by atoms with E-state index in [9.17, 15) is 34.8 Å². The second-order valence-electron chi connectivity index (χ2n) is 15.2. The number of sulfone groups is 1. The predicted octanol–water partition coefficient (Wildman–Crippen LogP) is 7.66. The van der Waals surface area contributed by atoms with Crippen molar-refractivity contribution in [2.75, 3.05) is 82.5 Å². The average molecular weight is 921 g/mol. The van der Waals surface area contributed by atoms with Crippen LogP contribution in [0.2, 0.25) is 5.02 Å². The molecule has 4 aromatic rings. The fourth-order valence-corrected chi connectivity index (χ4v) is 10.3. The number of thioether (sulfide) groups is 1. The number of benzene rings is 4. The Balaban J connectivity index is 1.12. The molecular weight excluding hydrogens is 871 g/mol. The molecule has 0 bridgehead atoms. The Labute approximate surface area is 365 Å². The molecule has 2 aliphatic rings. The smallest absolute Gasteiger partial charge is 0.380 e. The third kappa shape index (κ3) is 12.3. The lowest BCUT2D eigenvalue weighted by Crippen LogP contribution is -2.47. The minimum absolute atomic E-state index is 0.0113. The molecule has 1 saturated heterocycles. The molecule has 0 aromatic heterocycles. The molecule has 2 N–H and O–H groups in total. The highest BCUT2D eigenvalue weighted by Crippen LogP contribution is 2.37. The summed E-state index contributed by atoms with van der Waals surface area (Å²) in [5.74, 6) is -0.647. The van der Waals surface area contributed by atoms with Crippen molar-refractivity contribution in [2.45, 2.75) is 45.5 Å². The van der Waals surface area contributed by atoms with Crippen molar-refractivity contribution in [1.82, 2.24) is 14.5 Å². The van der Waals surface area contributed by atoms with Crippen LogP contribution in [0, 0.1) is 0 Å². The molecule has 6 rings (SSSR count). The van der Waals surface area contributed by atoms with Gasteiger partial charge in [0.2, 0.25) is 0 Å². The number of hydrogen-bond donors (Lipinski definition) is 2. The number of sulfonamides is 1. The van der Waals surface area contributed by atoms with Gasteiger partial charge in [0.1, 0.15) is 4.90 Å². The number of amides is 1. The highest BCUT2D eigenvalue weighted by molar-refractivity contribution is 7.99. The van der Waals surface area contributed by atoms with Crippen molar-refractivity contribution in [2.24, 2.45) is 0 Å². The average Bonchev–Trinajstić information content (AvgIpc) is 3.23. The largest absolute Gasteiger partial charge is 0.501 e. The summed E-state index contributed by atoms with van der Waals surface area (Å²) in [5, 5.41) is 3.65. The van der Waals surface area contributed by atoms with Gasteiger partial charge in [-0.05, 0) is 123 Å². The van der Waals surface area contributed by atoms with Crippen LogP contribution in [0.4, 0.5) is 24.5 Å². The molecule has 2 aliphatic heterocycles. The van der Waals surface area contributed by atoms with Crippen LogP contribution in [-0.2, 0) is 24.6 Å². The molecule has 0 unspecified atom stereocenters. The highest BCUT2D eigenvalue weighted by atomic mass is 35.5. The zero-order valence-corrected chi connectivity index (χ0v) is 37.0. The van der Waals surface area contributed by atoms with Gasteiger partial charge < -0.3 is 19.9 Å². The van der Waals surface area contributed by atoms with Gasteiger partial charge >= 0.3 is 5.51 Å². The van der Waals surface area contributed by atoms with Crippen LogP contribution >= 0.6 is 23.4 Å². The van der Waals surface area contributed by atoms with Gasteiger partial charge in [0.15, 0.2) is 0 Å². The number of anilines is 2. The van der Waals surface area contributed by atoms with Crippen LogP contribution in [0.15, 0.2) is 117 Å². The Morgan fingerprint density at radius 3 is 2.26 bits per heavy atom. The highest BCUT2D eigenvalue weighted by Gasteiger charge is 2.48. The maximum Gasteiger partial charge on any atom is 0.501 e. The fourth-order valence-electron chi connectivity index (χ4n) is 7.19. The van der Waals surface area contributed by atoms with E-state index >= 15 is 0 Å². The van der Waals surface area contributed by atoms with Gasteiger partial charge in [-0.15, -0.1) is 11.8 Å². The van der Waals surface area contributed by atoms with E-state index < -0.39 is 52.8 Å². The van der Waals surface area contributed by atoms with E-state index in [0.717, 1.165) is 54.3 Å². The van der Waals surface area contributed by atoms with Gasteiger partial charge in [0.25, 0.3) is 25.8 Å². The van der Waals surface area contributed by atoms with Gasteiger partial charge in [-0.2, -0.15) is 13.2 Å². The molecule has 1 fully saturated rings. The molecule has 0 radical (unpaired) electrons. The number of nitrogens with one attached hydrogen (secondary N) is 2. The van der Waals surface area contributed by atoms with Crippen LogP contribution < -0.4 is 14.9 Å². The van der Waals surface area contributed by atoms with E-state index in [0.29, 0.717) is 62.5 Å². The Morgan fingerprint density at radius 2 is 1.61 bits per heavy atom. The summed E-state index contributed by atoms with van der Waals surface area (Å²) in [6.45, 7) is 5.67. The molecule has 0 aliphatic carbocycles. The third-order valence-electron chi connectivity index (χ3n) is 10.5. The van der Waals surface area contributed by atoms with Gasteiger partial charge in [0.05, 0.1) is 23.8 Å². The Hall–Kier alpha value is -4.10. The van der Waals surface area contributed by atoms with Crippen molar-refractivity contribution in [3.63, 3.8) is 0 Å². The van der Waals surface area contributed by atoms with Gasteiger partial charge in [-0.1, -0.05) is 41.9 Å². The van der Waals surface area contributed by atoms with Crippen molar-refractivity contribution in [3.8, 4) is 0 Å². The summed E-state index contributed by atoms with van der Waals surface area (Å²) in [6.07, 6.45) is 1.96. The lowest BCUT2D eigenvalue weighted by atomic mass is 9.95. The summed E-state index contributed by atoms with van der Waals surface area (Å²) in [6, 6.07) is 25.5. The summed E-state index contributed by atoms with van der Waals surface area (Å²) >= 11 is 7.56. The minimum atomic E-state index is -6.03. The van der Waals surface area contributed by atoms with Crippen LogP contribution in [0.1, 0.15) is 35.2 Å². The Bertz CT molecular complexity index is 2380. The normalized spacial score (nSPS) is 16.1. The zero-order valence-electron chi connectivity index (χ0n) is 33.8. The molecule has 0 spiro atoms. The standard InChI is InChI=1S/C43H49ClF3N5O6S3/c1-50(2)21-6-7-35(30-59-37-8-4-3-5-9-37)48-40-19-18-38(27-41(40)60(54,55)43(45,46)47)61(56,57)49-42(53)32-12-16-36(17-13-32)52-24-22-51(23-25-52)28-33-29-58-26-20-39(33)31-10-14-34(44)15-11-31/h3-5,8-19,27,35,48H,6-7,20-26,28-30H2,1-2H3,(H,49,53)/t35-/m1/s1. The number of nitrogens with zero attached hydrogens (tertiary/aromatic N) is 3. The van der Waals surface area contributed by atoms with Crippen LogP contribution in [0.5, 0.6) is 0 Å². The Morgan fingerprint density at radius 1 is 0.918 bits per heavy atom. The molecule has 0 saturated carbocycles. The second-order valence-corrected chi connectivity index (χ2v) is 20.3. The first-order chi connectivity index (χ1) is 29.0. The monoisotopic (exact) mass is 919 g/mol. The molecule has 2 heterocycles. The molecule has 11 nitrogen and oxygen atoms in total. The minimum Gasteiger partial charge on any atom is -0.380 e. The molecule has 328 valence electrons. The number of piperazine rings is 1. The van der Waals surface area contributed by atoms with Crippen molar-refractivity contribution in [3.05, 3.63) is 119 Å². The molecule has 4 aromatic carbocycles. The van der Waals surface area contributed by atoms with Crippen molar-refractivity contribution >= 4 is 66.1 Å². The zero-order chi connectivity index (χ0) is 43.8. The topological polar surface area (TPSA) is 128 Å². The summed E-state index contributed by atoms with van der Waals surface area (Å²) < 4.78 is 103. The number of carbonyl (C=O) groups excluding carboxylic acids is 1. The van der Waals surface area contributed by atoms with Crippen molar-refractivity contribution in [1.29, 1.82) is 0 Å². The van der Waals surface area contributed by atoms with Crippen molar-refractivity contribution < 1.29 is 39.5 Å². The second kappa shape index (κ2) is 20.4. The SMILES string of the molecule is CN(C)CCC[C@H](CSc1ccccc1)Nc1ccc(S(=O)(=O)NC(=O)c2ccc(N3CCN(CC4=C(c5ccc(Cl)cc5)CCOC4)CC3)cc2)cc1S(=O)(=O)C(F)(F)F. The van der Waals surface area contributed by atoms with Crippen LogP contribution in [0.25, 0.3) is 5.57 Å². The van der Waals surface area contributed by atoms with E-state index in [4.69, 9.17) is 16.3 Å². The first-order valence-corrected chi connectivity index (χ1v) is 24.1. The number of alkyl halides is 3. The first kappa shape index (κ1) is 46.4. The number of carbonyl (C=O) groups is 1. The lowest BCUT2D eigenvalue weighted by molar-refractivity contribution is -0.0435. The number of halogens is 4. The molecule has 61 heavy (non-hydrogen) atoms. The van der Waals surface area contributed by atoms with E-state index in [2.05, 4.69) is 15.1 Å². The van der Waals surface area contributed by atoms with E-state index in [1.54, 1.807) is 12.1 Å². The molecule has 1 amide bonds. The van der Waals surface area contributed by atoms with E-state index in [1.165, 1.54) is 35.0 Å². The molecule has 18 heteroatoms. The van der Waals surface area contributed by atoms with Gasteiger partial charge in [-0.25, -0.2) is 21.6 Å². The van der Waals surface area contributed by atoms with Crippen LogP contribution in [0.3, 0.4) is 0 Å². The summed E-state index contributed by atoms with van der Waals surface area (Å²) in [4.78, 5) is 18.6. The Kier molecular flexibility index (Phi) is 15.5. The third-order valence-corrected chi connectivity index (χ3v) is 14.8. The van der Waals surface area contributed by atoms with E-state index in [-0.39, 0.29) is 5.56 Å². The lowest BCUT2D eigenvalue weighted by Gasteiger charge is -2.37. The summed E-state index contributed by atoms with van der Waals surface area (Å²) in [7, 11) is -7.09. The van der Waals surface area contributed by atoms with Crippen LogP contribution in [-0.4, -0.2) is 116 Å². The number of rotatable bonds is 17.